The van der Waals surface area contributed by atoms with Crippen molar-refractivity contribution in [2.75, 3.05) is 13.2 Å². The SMILES string of the molecule is Cc1ccc(C)c(C(C(=O)NC(C)C)N(CCO)C(=O)C(CC(C)C)NC(=O)OC(C)(C)C)c1. The molecule has 8 heteroatoms. The molecule has 3 amide bonds. The zero-order valence-electron chi connectivity index (χ0n) is 22.2. The zero-order valence-corrected chi connectivity index (χ0v) is 22.2. The number of nitrogens with zero attached hydrogens (tertiary/aromatic N) is 1. The second-order valence-electron chi connectivity index (χ2n) is 10.5. The van der Waals surface area contributed by atoms with Crippen LogP contribution >= 0.6 is 0 Å². The summed E-state index contributed by atoms with van der Waals surface area (Å²) in [6.07, 6.45) is -0.351. The van der Waals surface area contributed by atoms with Gasteiger partial charge in [-0.15, -0.1) is 0 Å². The molecule has 8 nitrogen and oxygen atoms in total. The van der Waals surface area contributed by atoms with Gasteiger partial charge in [0.1, 0.15) is 17.7 Å². The highest BCUT2D eigenvalue weighted by atomic mass is 16.6. The minimum Gasteiger partial charge on any atom is -0.444 e. The molecular formula is C26H43N3O5. The summed E-state index contributed by atoms with van der Waals surface area (Å²) in [7, 11) is 0. The quantitative estimate of drug-likeness (QED) is 0.477. The number of hydrogen-bond acceptors (Lipinski definition) is 5. The molecule has 0 bridgehead atoms. The molecule has 0 aliphatic rings. The number of carbonyl (C=O) groups is 3. The Morgan fingerprint density at radius 3 is 2.18 bits per heavy atom. The van der Waals surface area contributed by atoms with Crippen molar-refractivity contribution < 1.29 is 24.2 Å². The number of aryl methyl sites for hydroxylation is 2. The monoisotopic (exact) mass is 477 g/mol. The van der Waals surface area contributed by atoms with Gasteiger partial charge in [0.25, 0.3) is 0 Å². The number of benzene rings is 1. The number of alkyl carbamates (subject to hydrolysis) is 1. The van der Waals surface area contributed by atoms with E-state index < -0.39 is 29.7 Å². The van der Waals surface area contributed by atoms with Crippen LogP contribution in [-0.4, -0.2) is 58.8 Å². The summed E-state index contributed by atoms with van der Waals surface area (Å²) in [5.74, 6) is -0.701. The van der Waals surface area contributed by atoms with Crippen LogP contribution in [0.2, 0.25) is 0 Å². The number of hydrogen-bond donors (Lipinski definition) is 3. The lowest BCUT2D eigenvalue weighted by molar-refractivity contribution is -0.143. The summed E-state index contributed by atoms with van der Waals surface area (Å²) in [6.45, 7) is 16.2. The van der Waals surface area contributed by atoms with E-state index >= 15 is 0 Å². The van der Waals surface area contributed by atoms with Gasteiger partial charge in [0.2, 0.25) is 11.8 Å². The lowest BCUT2D eigenvalue weighted by atomic mass is 9.95. The molecule has 2 atom stereocenters. The van der Waals surface area contributed by atoms with Gasteiger partial charge >= 0.3 is 6.09 Å². The molecule has 3 N–H and O–H groups in total. The highest BCUT2D eigenvalue weighted by molar-refractivity contribution is 5.92. The predicted molar refractivity (Wildman–Crippen MR) is 133 cm³/mol. The number of amides is 3. The number of carbonyl (C=O) groups excluding carboxylic acids is 3. The van der Waals surface area contributed by atoms with Crippen LogP contribution in [0.15, 0.2) is 18.2 Å². The molecule has 0 aromatic heterocycles. The highest BCUT2D eigenvalue weighted by Crippen LogP contribution is 2.27. The molecular weight excluding hydrogens is 434 g/mol. The molecule has 0 heterocycles. The summed E-state index contributed by atoms with van der Waals surface area (Å²) < 4.78 is 5.37. The van der Waals surface area contributed by atoms with E-state index in [1.54, 1.807) is 20.8 Å². The van der Waals surface area contributed by atoms with E-state index in [1.165, 1.54) is 4.90 Å². The Balaban J connectivity index is 3.49. The number of nitrogens with one attached hydrogen (secondary N) is 2. The molecule has 1 aromatic rings. The van der Waals surface area contributed by atoms with Gasteiger partial charge in [0.05, 0.1) is 6.61 Å². The standard InChI is InChI=1S/C26H43N3O5/c1-16(2)14-21(28-25(33)34-26(7,8)9)24(32)29(12-13-30)22(23(31)27-17(3)4)20-15-18(5)10-11-19(20)6/h10-11,15-17,21-22,30H,12-14H2,1-9H3,(H,27,31)(H,28,33). The maximum atomic E-state index is 13.8. The van der Waals surface area contributed by atoms with Gasteiger partial charge in [-0.1, -0.05) is 37.6 Å². The Morgan fingerprint density at radius 1 is 1.06 bits per heavy atom. The maximum Gasteiger partial charge on any atom is 0.408 e. The first-order chi connectivity index (χ1) is 15.7. The van der Waals surface area contributed by atoms with Gasteiger partial charge in [-0.2, -0.15) is 0 Å². The predicted octanol–water partition coefficient (Wildman–Crippen LogP) is 3.63. The minimum absolute atomic E-state index is 0.0625. The van der Waals surface area contributed by atoms with Crippen molar-refractivity contribution in [3.63, 3.8) is 0 Å². The van der Waals surface area contributed by atoms with Crippen molar-refractivity contribution in [2.45, 2.75) is 92.5 Å². The molecule has 0 aliphatic carbocycles. The molecule has 0 radical (unpaired) electrons. The Morgan fingerprint density at radius 2 is 1.68 bits per heavy atom. The molecule has 1 rings (SSSR count). The van der Waals surface area contributed by atoms with Crippen molar-refractivity contribution in [3.8, 4) is 0 Å². The molecule has 34 heavy (non-hydrogen) atoms. The summed E-state index contributed by atoms with van der Waals surface area (Å²) in [6, 6.07) is 3.72. The van der Waals surface area contributed by atoms with E-state index in [9.17, 15) is 19.5 Å². The fraction of sp³-hybridized carbons (Fsp3) is 0.654. The summed E-state index contributed by atoms with van der Waals surface area (Å²) in [4.78, 5) is 41.1. The summed E-state index contributed by atoms with van der Waals surface area (Å²) in [5, 5.41) is 15.4. The second-order valence-corrected chi connectivity index (χ2v) is 10.5. The average Bonchev–Trinajstić information content (AvgIpc) is 2.66. The molecule has 2 unspecified atom stereocenters. The van der Waals surface area contributed by atoms with Crippen LogP contribution in [-0.2, 0) is 14.3 Å². The smallest absolute Gasteiger partial charge is 0.408 e. The summed E-state index contributed by atoms with van der Waals surface area (Å²) in [5.41, 5.74) is 1.76. The van der Waals surface area contributed by atoms with Crippen LogP contribution in [0.5, 0.6) is 0 Å². The molecule has 0 spiro atoms. The molecule has 0 saturated carbocycles. The van der Waals surface area contributed by atoms with Gasteiger partial charge in [-0.3, -0.25) is 9.59 Å². The Labute approximate surface area is 204 Å². The first-order valence-electron chi connectivity index (χ1n) is 11.9. The first kappa shape index (κ1) is 29.4. The van der Waals surface area contributed by atoms with Crippen LogP contribution in [0, 0.1) is 19.8 Å². The minimum atomic E-state index is -0.961. The van der Waals surface area contributed by atoms with Crippen molar-refractivity contribution in [2.24, 2.45) is 5.92 Å². The van der Waals surface area contributed by atoms with Crippen molar-refractivity contribution in [1.82, 2.24) is 15.5 Å². The van der Waals surface area contributed by atoms with Gasteiger partial charge < -0.3 is 25.4 Å². The Hall–Kier alpha value is -2.61. The van der Waals surface area contributed by atoms with Crippen LogP contribution in [0.25, 0.3) is 0 Å². The third-order valence-electron chi connectivity index (χ3n) is 5.04. The van der Waals surface area contributed by atoms with Crippen molar-refractivity contribution in [3.05, 3.63) is 34.9 Å². The Kier molecular flexibility index (Phi) is 11.0. The number of aliphatic hydroxyl groups excluding tert-OH is 1. The average molecular weight is 478 g/mol. The number of aliphatic hydroxyl groups is 1. The van der Waals surface area contributed by atoms with E-state index in [4.69, 9.17) is 4.74 Å². The zero-order chi connectivity index (χ0) is 26.2. The van der Waals surface area contributed by atoms with E-state index in [-0.39, 0.29) is 31.0 Å². The van der Waals surface area contributed by atoms with Gasteiger partial charge in [-0.25, -0.2) is 4.79 Å². The molecule has 1 aromatic carbocycles. The van der Waals surface area contributed by atoms with E-state index in [0.29, 0.717) is 12.0 Å². The topological polar surface area (TPSA) is 108 Å². The first-order valence-corrected chi connectivity index (χ1v) is 11.9. The summed E-state index contributed by atoms with van der Waals surface area (Å²) >= 11 is 0. The fourth-order valence-electron chi connectivity index (χ4n) is 3.69. The third kappa shape index (κ3) is 9.33. The fourth-order valence-corrected chi connectivity index (χ4v) is 3.69. The largest absolute Gasteiger partial charge is 0.444 e. The lowest BCUT2D eigenvalue weighted by Crippen LogP contribution is -2.54. The van der Waals surface area contributed by atoms with Crippen LogP contribution < -0.4 is 10.6 Å². The normalized spacial score (nSPS) is 13.4. The van der Waals surface area contributed by atoms with Gasteiger partial charge in [-0.05, 0) is 71.9 Å². The van der Waals surface area contributed by atoms with Crippen LogP contribution in [0.1, 0.15) is 77.6 Å². The Bertz CT molecular complexity index is 845. The molecule has 0 aliphatic heterocycles. The highest BCUT2D eigenvalue weighted by Gasteiger charge is 2.37. The van der Waals surface area contributed by atoms with E-state index in [1.807, 2.05) is 59.7 Å². The molecule has 192 valence electrons. The third-order valence-corrected chi connectivity index (χ3v) is 5.04. The van der Waals surface area contributed by atoms with E-state index in [2.05, 4.69) is 10.6 Å². The van der Waals surface area contributed by atoms with Crippen LogP contribution in [0.4, 0.5) is 4.79 Å². The second kappa shape index (κ2) is 12.7. The van der Waals surface area contributed by atoms with Gasteiger partial charge in [0.15, 0.2) is 0 Å². The maximum absolute atomic E-state index is 13.8. The van der Waals surface area contributed by atoms with Crippen molar-refractivity contribution >= 4 is 17.9 Å². The molecule has 0 saturated heterocycles. The lowest BCUT2D eigenvalue weighted by Gasteiger charge is -2.35. The van der Waals surface area contributed by atoms with Crippen molar-refractivity contribution in [1.29, 1.82) is 0 Å². The number of rotatable bonds is 10. The van der Waals surface area contributed by atoms with Gasteiger partial charge in [0, 0.05) is 12.6 Å². The molecule has 0 fully saturated rings. The van der Waals surface area contributed by atoms with Crippen LogP contribution in [0.3, 0.4) is 0 Å². The van der Waals surface area contributed by atoms with E-state index in [0.717, 1.165) is 11.1 Å². The number of ether oxygens (including phenoxy) is 1.